The summed E-state index contributed by atoms with van der Waals surface area (Å²) in [5, 5.41) is 0.925. The summed E-state index contributed by atoms with van der Waals surface area (Å²) in [6.45, 7) is 15.2. The second kappa shape index (κ2) is 17.8. The van der Waals surface area contributed by atoms with E-state index in [-0.39, 0.29) is 31.1 Å². The van der Waals surface area contributed by atoms with Gasteiger partial charge in [0.25, 0.3) is 0 Å². The lowest BCUT2D eigenvalue weighted by atomic mass is 9.86. The lowest BCUT2D eigenvalue weighted by Crippen LogP contribution is -2.41. The number of carbonyl (C=O) groups excluding carboxylic acids is 2. The van der Waals surface area contributed by atoms with E-state index < -0.39 is 11.5 Å². The Bertz CT molecular complexity index is 1880. The molecule has 6 nitrogen and oxygen atoms in total. The Morgan fingerprint density at radius 1 is 0.865 bits per heavy atom. The van der Waals surface area contributed by atoms with Gasteiger partial charge in [-0.15, -0.1) is 0 Å². The number of esters is 2. The summed E-state index contributed by atoms with van der Waals surface area (Å²) in [5.74, 6) is 7.28. The molecule has 0 unspecified atom stereocenters. The third-order valence-electron chi connectivity index (χ3n) is 9.85. The maximum absolute atomic E-state index is 13.6. The molecule has 1 fully saturated rings. The minimum absolute atomic E-state index is 0.0919. The van der Waals surface area contributed by atoms with Gasteiger partial charge in [-0.3, -0.25) is 4.79 Å². The molecule has 5 rings (SSSR count). The number of cyclic esters (lactones) is 1. The van der Waals surface area contributed by atoms with Gasteiger partial charge in [-0.1, -0.05) is 107 Å². The molecule has 1 aliphatic rings. The number of ether oxygens (including phenoxy) is 3. The lowest BCUT2D eigenvalue weighted by Gasteiger charge is -2.28. The van der Waals surface area contributed by atoms with Crippen molar-refractivity contribution in [1.29, 1.82) is 0 Å². The van der Waals surface area contributed by atoms with E-state index in [4.69, 9.17) is 18.6 Å². The number of fused-ring (bicyclic) bond motifs is 1. The molecule has 0 spiro atoms. The summed E-state index contributed by atoms with van der Waals surface area (Å²) in [5.41, 5.74) is 4.32. The Kier molecular flexibility index (Phi) is 13.2. The molecular weight excluding hydrogens is 649 g/mol. The quantitative estimate of drug-likeness (QED) is 0.0697. The highest BCUT2D eigenvalue weighted by atomic mass is 16.6. The number of rotatable bonds is 15. The van der Waals surface area contributed by atoms with E-state index in [2.05, 4.69) is 58.6 Å². The molecular formula is C46H54O6. The van der Waals surface area contributed by atoms with Gasteiger partial charge >= 0.3 is 11.9 Å². The molecule has 0 radical (unpaired) electrons. The SMILES string of the molecule is Cc1ccc(C#Cc2ccc3oc([C@@H](C)[C@H](C)C(=O)OC[C@]4(COCc5ccccc5)C/C(=C\CC(CC(C)C)CC(C)C)C(=O)O4)cc3c2)cc1. The summed E-state index contributed by atoms with van der Waals surface area (Å²) >= 11 is 0. The van der Waals surface area contributed by atoms with E-state index in [1.54, 1.807) is 0 Å². The van der Waals surface area contributed by atoms with Crippen LogP contribution >= 0.6 is 0 Å². The highest BCUT2D eigenvalue weighted by molar-refractivity contribution is 5.91. The molecule has 6 heteroatoms. The third-order valence-corrected chi connectivity index (χ3v) is 9.85. The first-order chi connectivity index (χ1) is 24.9. The van der Waals surface area contributed by atoms with Crippen LogP contribution in [0.3, 0.4) is 0 Å². The standard InChI is InChI=1S/C46H54O6/c1-31(2)23-39(24-32(3)4)19-21-40-27-46(52-45(40)48,29-49-28-38-11-9-8-10-12-38)30-50-44(47)35(7)34(6)43-26-41-25-37(20-22-42(41)51-43)18-17-36-15-13-33(5)14-16-36/h8-16,20-22,25-26,31-32,34-35,39H,19,23-24,27-30H2,1-7H3/b40-21+/t34-,35-,46+/m0/s1. The van der Waals surface area contributed by atoms with Crippen molar-refractivity contribution in [3.05, 3.63) is 119 Å². The molecule has 1 aromatic heterocycles. The first kappa shape index (κ1) is 38.6. The van der Waals surface area contributed by atoms with Gasteiger partial charge < -0.3 is 18.6 Å². The zero-order valence-electron chi connectivity index (χ0n) is 31.9. The Labute approximate surface area is 309 Å². The van der Waals surface area contributed by atoms with Gasteiger partial charge in [0, 0.05) is 34.4 Å². The Morgan fingerprint density at radius 2 is 1.54 bits per heavy atom. The summed E-state index contributed by atoms with van der Waals surface area (Å²) in [6, 6.07) is 25.8. The molecule has 0 N–H and O–H groups in total. The highest BCUT2D eigenvalue weighted by Gasteiger charge is 2.46. The van der Waals surface area contributed by atoms with Crippen LogP contribution in [-0.2, 0) is 30.4 Å². The van der Waals surface area contributed by atoms with E-state index in [0.717, 1.165) is 46.9 Å². The second-order valence-corrected chi connectivity index (χ2v) is 15.5. The predicted molar refractivity (Wildman–Crippen MR) is 207 cm³/mol. The summed E-state index contributed by atoms with van der Waals surface area (Å²) in [7, 11) is 0. The van der Waals surface area contributed by atoms with Crippen molar-refractivity contribution in [2.45, 2.75) is 92.3 Å². The minimum atomic E-state index is -1.10. The van der Waals surface area contributed by atoms with Crippen LogP contribution in [0.2, 0.25) is 0 Å². The number of aryl methyl sites for hydroxylation is 1. The summed E-state index contributed by atoms with van der Waals surface area (Å²) in [4.78, 5) is 26.8. The monoisotopic (exact) mass is 702 g/mol. The van der Waals surface area contributed by atoms with Crippen molar-refractivity contribution in [1.82, 2.24) is 0 Å². The molecule has 1 saturated heterocycles. The first-order valence-corrected chi connectivity index (χ1v) is 18.7. The molecule has 3 atom stereocenters. The van der Waals surface area contributed by atoms with E-state index >= 15 is 0 Å². The van der Waals surface area contributed by atoms with Crippen LogP contribution in [0, 0.1) is 42.4 Å². The van der Waals surface area contributed by atoms with E-state index in [9.17, 15) is 9.59 Å². The van der Waals surface area contributed by atoms with Gasteiger partial charge in [-0.25, -0.2) is 4.79 Å². The number of hydrogen-bond donors (Lipinski definition) is 0. The molecule has 0 aliphatic carbocycles. The van der Waals surface area contributed by atoms with Gasteiger partial charge in [0.05, 0.1) is 19.1 Å². The van der Waals surface area contributed by atoms with Crippen LogP contribution in [0.15, 0.2) is 94.9 Å². The number of hydrogen-bond acceptors (Lipinski definition) is 6. The molecule has 2 heterocycles. The van der Waals surface area contributed by atoms with E-state index in [1.165, 1.54) is 5.56 Å². The third kappa shape index (κ3) is 10.7. The fourth-order valence-electron chi connectivity index (χ4n) is 6.87. The van der Waals surface area contributed by atoms with Crippen LogP contribution in [-0.4, -0.2) is 30.8 Å². The topological polar surface area (TPSA) is 75.0 Å². The van der Waals surface area contributed by atoms with E-state index in [0.29, 0.717) is 42.1 Å². The summed E-state index contributed by atoms with van der Waals surface area (Å²) in [6.07, 6.45) is 5.39. The largest absolute Gasteiger partial charge is 0.461 e. The lowest BCUT2D eigenvalue weighted by molar-refractivity contribution is -0.171. The highest BCUT2D eigenvalue weighted by Crippen LogP contribution is 2.36. The fraction of sp³-hybridized carbons (Fsp3) is 0.435. The second-order valence-electron chi connectivity index (χ2n) is 15.5. The molecule has 274 valence electrons. The smallest absolute Gasteiger partial charge is 0.334 e. The average molecular weight is 703 g/mol. The van der Waals surface area contributed by atoms with Crippen LogP contribution in [0.4, 0.5) is 0 Å². The van der Waals surface area contributed by atoms with Crippen molar-refractivity contribution in [2.75, 3.05) is 13.2 Å². The van der Waals surface area contributed by atoms with Crippen molar-refractivity contribution in [3.8, 4) is 11.8 Å². The molecule has 0 amide bonds. The predicted octanol–water partition coefficient (Wildman–Crippen LogP) is 10.4. The average Bonchev–Trinajstić information content (AvgIpc) is 3.69. The minimum Gasteiger partial charge on any atom is -0.461 e. The van der Waals surface area contributed by atoms with Crippen LogP contribution in [0.25, 0.3) is 11.0 Å². The Balaban J connectivity index is 1.26. The first-order valence-electron chi connectivity index (χ1n) is 18.7. The van der Waals surface area contributed by atoms with Gasteiger partial charge in [0.2, 0.25) is 0 Å². The normalized spacial score (nSPS) is 17.8. The fourth-order valence-corrected chi connectivity index (χ4v) is 6.87. The van der Waals surface area contributed by atoms with Crippen molar-refractivity contribution in [2.24, 2.45) is 23.7 Å². The van der Waals surface area contributed by atoms with Gasteiger partial charge in [-0.2, -0.15) is 0 Å². The van der Waals surface area contributed by atoms with Gasteiger partial charge in [0.1, 0.15) is 18.0 Å². The van der Waals surface area contributed by atoms with Crippen LogP contribution in [0.5, 0.6) is 0 Å². The molecule has 3 aromatic carbocycles. The van der Waals surface area contributed by atoms with Gasteiger partial charge in [-0.05, 0) is 85.9 Å². The maximum atomic E-state index is 13.6. The molecule has 52 heavy (non-hydrogen) atoms. The number of furan rings is 1. The number of benzene rings is 3. The maximum Gasteiger partial charge on any atom is 0.334 e. The number of allylic oxidation sites excluding steroid dienone is 1. The van der Waals surface area contributed by atoms with Crippen LogP contribution in [0.1, 0.15) is 101 Å². The zero-order valence-corrected chi connectivity index (χ0v) is 31.9. The summed E-state index contributed by atoms with van der Waals surface area (Å²) < 4.78 is 24.3. The van der Waals surface area contributed by atoms with Crippen molar-refractivity contribution in [3.63, 3.8) is 0 Å². The van der Waals surface area contributed by atoms with Crippen molar-refractivity contribution >= 4 is 22.9 Å². The molecule has 0 bridgehead atoms. The zero-order chi connectivity index (χ0) is 37.3. The molecule has 1 aliphatic heterocycles. The Morgan fingerprint density at radius 3 is 2.23 bits per heavy atom. The Hall–Kier alpha value is -4.60. The van der Waals surface area contributed by atoms with E-state index in [1.807, 2.05) is 86.7 Å². The molecule has 4 aromatic rings. The number of carbonyl (C=O) groups is 2. The van der Waals surface area contributed by atoms with Gasteiger partial charge in [0.15, 0.2) is 5.60 Å². The molecule has 0 saturated carbocycles. The van der Waals surface area contributed by atoms with Crippen LogP contribution < -0.4 is 0 Å². The van der Waals surface area contributed by atoms with Crippen molar-refractivity contribution < 1.29 is 28.2 Å².